The summed E-state index contributed by atoms with van der Waals surface area (Å²) in [6, 6.07) is 14.0. The molecule has 0 saturated carbocycles. The van der Waals surface area contributed by atoms with Crippen LogP contribution in [0.5, 0.6) is 0 Å². The van der Waals surface area contributed by atoms with Crippen LogP contribution >= 0.6 is 21.6 Å². The first-order chi connectivity index (χ1) is 26.1. The summed E-state index contributed by atoms with van der Waals surface area (Å²) in [5.41, 5.74) is 0.414. The fourth-order valence-corrected chi connectivity index (χ4v) is 7.21. The van der Waals surface area contributed by atoms with E-state index in [4.69, 9.17) is 9.47 Å². The fourth-order valence-electron chi connectivity index (χ4n) is 4.88. The highest BCUT2D eigenvalue weighted by Gasteiger charge is 2.33. The number of rotatable bonds is 19. The van der Waals surface area contributed by atoms with E-state index in [9.17, 15) is 28.8 Å². The molecule has 0 heterocycles. The van der Waals surface area contributed by atoms with Crippen LogP contribution in [0.2, 0.25) is 0 Å². The van der Waals surface area contributed by atoms with Crippen LogP contribution < -0.4 is 31.9 Å². The lowest BCUT2D eigenvalue weighted by Gasteiger charge is -2.29. The van der Waals surface area contributed by atoms with Gasteiger partial charge in [-0.2, -0.15) is 0 Å². The third-order valence-corrected chi connectivity index (χ3v) is 10.1. The zero-order valence-electron chi connectivity index (χ0n) is 34.1. The van der Waals surface area contributed by atoms with Crippen molar-refractivity contribution in [3.63, 3.8) is 0 Å². The summed E-state index contributed by atoms with van der Waals surface area (Å²) in [4.78, 5) is 79.5. The molecule has 2 aromatic carbocycles. The Balaban J connectivity index is 2.23. The van der Waals surface area contributed by atoms with Crippen molar-refractivity contribution in [2.45, 2.75) is 118 Å². The smallest absolute Gasteiger partial charge is 0.408 e. The third-order valence-electron chi connectivity index (χ3n) is 7.69. The second-order valence-electron chi connectivity index (χ2n) is 16.0. The molecule has 0 spiro atoms. The third kappa shape index (κ3) is 18.9. The van der Waals surface area contributed by atoms with Crippen LogP contribution in [-0.2, 0) is 41.9 Å². The quantitative estimate of drug-likeness (QED) is 0.0825. The van der Waals surface area contributed by atoms with E-state index in [0.717, 1.165) is 32.7 Å². The maximum absolute atomic E-state index is 13.7. The van der Waals surface area contributed by atoms with E-state index in [1.165, 1.54) is 0 Å². The van der Waals surface area contributed by atoms with Gasteiger partial charge in [-0.25, -0.2) is 9.59 Å². The Kier molecular flexibility index (Phi) is 19.6. The molecule has 0 fully saturated rings. The first kappa shape index (κ1) is 47.7. The summed E-state index contributed by atoms with van der Waals surface area (Å²) in [6.07, 6.45) is -1.68. The van der Waals surface area contributed by atoms with Gasteiger partial charge in [0, 0.05) is 22.6 Å². The second kappa shape index (κ2) is 23.0. The average Bonchev–Trinajstić information content (AvgIpc) is 3.10. The molecular weight excluding hydrogens is 757 g/mol. The number of benzene rings is 2. The highest BCUT2D eigenvalue weighted by molar-refractivity contribution is 8.76. The molecule has 6 amide bonds. The standard InChI is InChI=1S/C40H60N6O8S2/c1-25(2)31(35(49)45-39(5,6)7)43-33(47)29(41-37(51)53-21-27-17-13-11-14-18-27)23-55-56-24-30(42-38(52)54-22-28-19-15-12-16-20-28)34(48)44-32(26(3)4)36(50)46-40(8,9)10/h11-20,25-26,29-32H,21-24H2,1-10H3,(H,41,51)(H,42,52)(H,43,47)(H,44,48)(H,45,49)(H,46,50)/t29-,30-,31+,32+/m0/s1. The Morgan fingerprint density at radius 2 is 0.839 bits per heavy atom. The maximum Gasteiger partial charge on any atom is 0.408 e. The molecule has 4 atom stereocenters. The zero-order chi connectivity index (χ0) is 42.1. The van der Waals surface area contributed by atoms with Gasteiger partial charge in [0.2, 0.25) is 23.6 Å². The molecule has 0 aliphatic rings. The van der Waals surface area contributed by atoms with Crippen molar-refractivity contribution in [3.8, 4) is 0 Å². The van der Waals surface area contributed by atoms with Crippen LogP contribution in [-0.4, -0.2) is 82.6 Å². The maximum atomic E-state index is 13.7. The van der Waals surface area contributed by atoms with Crippen LogP contribution in [0.3, 0.4) is 0 Å². The van der Waals surface area contributed by atoms with E-state index in [2.05, 4.69) is 31.9 Å². The molecule has 2 aromatic rings. The molecule has 0 aliphatic carbocycles. The molecule has 0 saturated heterocycles. The van der Waals surface area contributed by atoms with Crippen LogP contribution in [0.15, 0.2) is 60.7 Å². The molecule has 0 unspecified atom stereocenters. The van der Waals surface area contributed by atoms with Crippen LogP contribution in [0, 0.1) is 11.8 Å². The van der Waals surface area contributed by atoms with Crippen LogP contribution in [0.1, 0.15) is 80.4 Å². The van der Waals surface area contributed by atoms with Crippen LogP contribution in [0.4, 0.5) is 9.59 Å². The number of ether oxygens (including phenoxy) is 2. The van der Waals surface area contributed by atoms with Gasteiger partial charge in [0.15, 0.2) is 0 Å². The number of nitrogens with one attached hydrogen (secondary N) is 6. The van der Waals surface area contributed by atoms with Crippen molar-refractivity contribution in [2.75, 3.05) is 11.5 Å². The first-order valence-electron chi connectivity index (χ1n) is 18.6. The lowest BCUT2D eigenvalue weighted by molar-refractivity contribution is -0.131. The SMILES string of the molecule is CC(C)[C@@H](NC(=O)[C@H](CSSC[C@H](NC(=O)OCc1ccccc1)C(=O)N[C@@H](C(=O)NC(C)(C)C)C(C)C)NC(=O)OCc1ccccc1)C(=O)NC(C)(C)C. The molecule has 16 heteroatoms. The van der Waals surface area contributed by atoms with Crippen molar-refractivity contribution in [1.29, 1.82) is 0 Å². The molecule has 6 N–H and O–H groups in total. The average molecular weight is 817 g/mol. The highest BCUT2D eigenvalue weighted by atomic mass is 33.1. The van der Waals surface area contributed by atoms with Gasteiger partial charge in [-0.3, -0.25) is 19.2 Å². The highest BCUT2D eigenvalue weighted by Crippen LogP contribution is 2.24. The molecule has 310 valence electrons. The minimum Gasteiger partial charge on any atom is -0.445 e. The fraction of sp³-hybridized carbons (Fsp3) is 0.550. The molecule has 0 aliphatic heterocycles. The van der Waals surface area contributed by atoms with Crippen molar-refractivity contribution < 1.29 is 38.2 Å². The largest absolute Gasteiger partial charge is 0.445 e. The number of carbonyl (C=O) groups excluding carboxylic acids is 6. The molecule has 2 rings (SSSR count). The molecule has 14 nitrogen and oxygen atoms in total. The Bertz CT molecular complexity index is 1470. The van der Waals surface area contributed by atoms with Crippen molar-refractivity contribution in [1.82, 2.24) is 31.9 Å². The van der Waals surface area contributed by atoms with E-state index >= 15 is 0 Å². The van der Waals surface area contributed by atoms with Gasteiger partial charge < -0.3 is 41.4 Å². The van der Waals surface area contributed by atoms with Crippen molar-refractivity contribution in [3.05, 3.63) is 71.8 Å². The van der Waals surface area contributed by atoms with Crippen molar-refractivity contribution in [2.24, 2.45) is 11.8 Å². The predicted molar refractivity (Wildman–Crippen MR) is 221 cm³/mol. The number of carbonyl (C=O) groups is 6. The zero-order valence-corrected chi connectivity index (χ0v) is 35.8. The summed E-state index contributed by atoms with van der Waals surface area (Å²) in [5, 5.41) is 16.6. The Morgan fingerprint density at radius 3 is 1.12 bits per heavy atom. The van der Waals surface area contributed by atoms with E-state index in [1.54, 1.807) is 52.0 Å². The number of alkyl carbamates (subject to hydrolysis) is 2. The van der Waals surface area contributed by atoms with Gasteiger partial charge in [-0.1, -0.05) is 110 Å². The summed E-state index contributed by atoms with van der Waals surface area (Å²) in [7, 11) is 2.31. The molecule has 0 radical (unpaired) electrons. The lowest BCUT2D eigenvalue weighted by atomic mass is 10.0. The van der Waals surface area contributed by atoms with E-state index in [0.29, 0.717) is 0 Å². The molecule has 0 bridgehead atoms. The van der Waals surface area contributed by atoms with E-state index < -0.39 is 59.2 Å². The van der Waals surface area contributed by atoms with Gasteiger partial charge in [-0.05, 0) is 64.5 Å². The summed E-state index contributed by atoms with van der Waals surface area (Å²) >= 11 is 0. The minimum atomic E-state index is -1.15. The Labute approximate surface area is 339 Å². The predicted octanol–water partition coefficient (Wildman–Crippen LogP) is 5.07. The van der Waals surface area contributed by atoms with E-state index in [-0.39, 0.29) is 48.4 Å². The summed E-state index contributed by atoms with van der Waals surface area (Å²) in [5.74, 6) is -2.53. The van der Waals surface area contributed by atoms with Gasteiger partial charge in [0.1, 0.15) is 37.4 Å². The first-order valence-corrected chi connectivity index (χ1v) is 21.1. The molecule has 56 heavy (non-hydrogen) atoms. The van der Waals surface area contributed by atoms with Crippen LogP contribution in [0.25, 0.3) is 0 Å². The normalized spacial score (nSPS) is 13.7. The monoisotopic (exact) mass is 816 g/mol. The Morgan fingerprint density at radius 1 is 0.518 bits per heavy atom. The molecule has 0 aromatic heterocycles. The number of amides is 6. The number of hydrogen-bond donors (Lipinski definition) is 6. The minimum absolute atomic E-state index is 0.00194. The Hall–Kier alpha value is -4.44. The van der Waals surface area contributed by atoms with Gasteiger partial charge in [-0.15, -0.1) is 0 Å². The summed E-state index contributed by atoms with van der Waals surface area (Å²) < 4.78 is 10.8. The summed E-state index contributed by atoms with van der Waals surface area (Å²) in [6.45, 7) is 18.1. The van der Waals surface area contributed by atoms with Gasteiger partial charge in [0.25, 0.3) is 0 Å². The van der Waals surface area contributed by atoms with Gasteiger partial charge >= 0.3 is 12.2 Å². The topological polar surface area (TPSA) is 193 Å². The second-order valence-corrected chi connectivity index (χ2v) is 18.6. The van der Waals surface area contributed by atoms with E-state index in [1.807, 2.05) is 77.9 Å². The molecular formula is C40H60N6O8S2. The lowest BCUT2D eigenvalue weighted by Crippen LogP contribution is -2.58. The van der Waals surface area contributed by atoms with Gasteiger partial charge in [0.05, 0.1) is 0 Å². The number of hydrogen-bond acceptors (Lipinski definition) is 10. The van der Waals surface area contributed by atoms with Crippen molar-refractivity contribution >= 4 is 57.4 Å².